The van der Waals surface area contributed by atoms with E-state index in [2.05, 4.69) is 21.2 Å². The lowest BCUT2D eigenvalue weighted by Crippen LogP contribution is -2.27. The monoisotopic (exact) mass is 352 g/mol. The highest BCUT2D eigenvalue weighted by Gasteiger charge is 2.17. The fourth-order valence-electron chi connectivity index (χ4n) is 1.76. The van der Waals surface area contributed by atoms with Crippen LogP contribution in [0.15, 0.2) is 46.9 Å². The van der Waals surface area contributed by atoms with Gasteiger partial charge in [-0.05, 0) is 46.1 Å². The van der Waals surface area contributed by atoms with Crippen LogP contribution >= 0.6 is 27.5 Å². The molecule has 0 aliphatic carbocycles. The largest absolute Gasteiger partial charge is 0.323 e. The normalized spacial score (nSPS) is 12.0. The van der Waals surface area contributed by atoms with Gasteiger partial charge in [-0.1, -0.05) is 41.9 Å². The standard InChI is InChI=1S/C15H14BrClN2O/c1-9-7-11(16)13(8-12(9)17)19-15(20)14(18)10-5-3-2-4-6-10/h2-8,14H,18H2,1H3,(H,19,20)/t14-/m0/s1. The summed E-state index contributed by atoms with van der Waals surface area (Å²) in [5.74, 6) is -0.281. The SMILES string of the molecule is Cc1cc(Br)c(NC(=O)[C@@H](N)c2ccccc2)cc1Cl. The van der Waals surface area contributed by atoms with Gasteiger partial charge in [0.1, 0.15) is 6.04 Å². The molecule has 2 aromatic rings. The van der Waals surface area contributed by atoms with Crippen LogP contribution in [0.3, 0.4) is 0 Å². The van der Waals surface area contributed by atoms with Gasteiger partial charge in [-0.3, -0.25) is 4.79 Å². The molecule has 0 heterocycles. The number of anilines is 1. The van der Waals surface area contributed by atoms with Crippen LogP contribution < -0.4 is 11.1 Å². The van der Waals surface area contributed by atoms with Gasteiger partial charge in [-0.15, -0.1) is 0 Å². The quantitative estimate of drug-likeness (QED) is 0.874. The molecule has 0 spiro atoms. The molecule has 1 atom stereocenters. The van der Waals surface area contributed by atoms with E-state index < -0.39 is 6.04 Å². The summed E-state index contributed by atoms with van der Waals surface area (Å²) in [5.41, 5.74) is 8.25. The summed E-state index contributed by atoms with van der Waals surface area (Å²) in [6.07, 6.45) is 0. The van der Waals surface area contributed by atoms with Crippen LogP contribution in [-0.4, -0.2) is 5.91 Å². The van der Waals surface area contributed by atoms with E-state index in [0.717, 1.165) is 15.6 Å². The zero-order valence-corrected chi connectivity index (χ0v) is 13.2. The Balaban J connectivity index is 2.18. The Hall–Kier alpha value is -1.36. The van der Waals surface area contributed by atoms with E-state index >= 15 is 0 Å². The minimum absolute atomic E-state index is 0.281. The number of aryl methyl sites for hydroxylation is 1. The van der Waals surface area contributed by atoms with Crippen molar-refractivity contribution in [2.75, 3.05) is 5.32 Å². The number of hydrogen-bond donors (Lipinski definition) is 2. The van der Waals surface area contributed by atoms with E-state index in [1.165, 1.54) is 0 Å². The molecule has 0 unspecified atom stereocenters. The molecule has 0 saturated heterocycles. The number of carbonyl (C=O) groups is 1. The Labute approximate surface area is 131 Å². The van der Waals surface area contributed by atoms with E-state index in [9.17, 15) is 4.79 Å². The van der Waals surface area contributed by atoms with Crippen molar-refractivity contribution in [3.8, 4) is 0 Å². The summed E-state index contributed by atoms with van der Waals surface area (Å²) in [6, 6.07) is 12.1. The summed E-state index contributed by atoms with van der Waals surface area (Å²) in [4.78, 5) is 12.2. The lowest BCUT2D eigenvalue weighted by molar-refractivity contribution is -0.117. The summed E-state index contributed by atoms with van der Waals surface area (Å²) in [6.45, 7) is 1.90. The molecule has 0 bridgehead atoms. The molecule has 104 valence electrons. The van der Waals surface area contributed by atoms with E-state index in [1.54, 1.807) is 6.07 Å². The van der Waals surface area contributed by atoms with E-state index in [-0.39, 0.29) is 5.91 Å². The highest BCUT2D eigenvalue weighted by molar-refractivity contribution is 9.10. The third-order valence-electron chi connectivity index (χ3n) is 2.95. The maximum atomic E-state index is 12.2. The predicted molar refractivity (Wildman–Crippen MR) is 85.9 cm³/mol. The van der Waals surface area contributed by atoms with Crippen molar-refractivity contribution in [1.82, 2.24) is 0 Å². The van der Waals surface area contributed by atoms with Crippen LogP contribution in [0, 0.1) is 6.92 Å². The number of halogens is 2. The molecule has 3 nitrogen and oxygen atoms in total. The van der Waals surface area contributed by atoms with Gasteiger partial charge >= 0.3 is 0 Å². The Kier molecular flexibility index (Phi) is 4.81. The zero-order chi connectivity index (χ0) is 14.7. The van der Waals surface area contributed by atoms with Crippen LogP contribution in [0.2, 0.25) is 5.02 Å². The molecule has 0 aliphatic rings. The van der Waals surface area contributed by atoms with Crippen molar-refractivity contribution in [2.45, 2.75) is 13.0 Å². The maximum Gasteiger partial charge on any atom is 0.245 e. The van der Waals surface area contributed by atoms with Gasteiger partial charge in [0.05, 0.1) is 5.69 Å². The highest BCUT2D eigenvalue weighted by Crippen LogP contribution is 2.29. The lowest BCUT2D eigenvalue weighted by Gasteiger charge is -2.14. The first-order valence-corrected chi connectivity index (χ1v) is 7.23. The van der Waals surface area contributed by atoms with Crippen LogP contribution in [0.25, 0.3) is 0 Å². The molecule has 5 heteroatoms. The lowest BCUT2D eigenvalue weighted by atomic mass is 10.1. The molecule has 0 radical (unpaired) electrons. The third-order valence-corrected chi connectivity index (χ3v) is 4.01. The molecule has 0 saturated carbocycles. The Bertz CT molecular complexity index is 631. The molecule has 1 amide bonds. The van der Waals surface area contributed by atoms with Crippen LogP contribution in [-0.2, 0) is 4.79 Å². The van der Waals surface area contributed by atoms with Gasteiger partial charge in [0.25, 0.3) is 0 Å². The number of benzene rings is 2. The van der Waals surface area contributed by atoms with Crippen LogP contribution in [0.1, 0.15) is 17.2 Å². The predicted octanol–water partition coefficient (Wildman–Crippen LogP) is 4.05. The van der Waals surface area contributed by atoms with E-state index in [1.807, 2.05) is 43.3 Å². The first kappa shape index (κ1) is 15.0. The summed E-state index contributed by atoms with van der Waals surface area (Å²) in [7, 11) is 0. The topological polar surface area (TPSA) is 55.1 Å². The van der Waals surface area contributed by atoms with Gasteiger partial charge < -0.3 is 11.1 Å². The Morgan fingerprint density at radius 1 is 1.30 bits per heavy atom. The van der Waals surface area contributed by atoms with Crippen molar-refractivity contribution >= 4 is 39.1 Å². The second-order valence-electron chi connectivity index (χ2n) is 4.46. The van der Waals surface area contributed by atoms with Gasteiger partial charge in [0.15, 0.2) is 0 Å². The van der Waals surface area contributed by atoms with Crippen molar-refractivity contribution in [1.29, 1.82) is 0 Å². The molecular formula is C15H14BrClN2O. The van der Waals surface area contributed by atoms with Crippen LogP contribution in [0.4, 0.5) is 5.69 Å². The maximum absolute atomic E-state index is 12.2. The third kappa shape index (κ3) is 3.39. The Morgan fingerprint density at radius 3 is 2.60 bits per heavy atom. The first-order valence-electron chi connectivity index (χ1n) is 6.06. The average molecular weight is 354 g/mol. The van der Waals surface area contributed by atoms with Gasteiger partial charge in [0, 0.05) is 9.50 Å². The molecular weight excluding hydrogens is 340 g/mol. The number of rotatable bonds is 3. The Morgan fingerprint density at radius 2 is 1.95 bits per heavy atom. The zero-order valence-electron chi connectivity index (χ0n) is 10.9. The molecule has 2 rings (SSSR count). The van der Waals surface area contributed by atoms with Crippen molar-refractivity contribution in [2.24, 2.45) is 5.73 Å². The summed E-state index contributed by atoms with van der Waals surface area (Å²) in [5, 5.41) is 3.38. The number of amides is 1. The van der Waals surface area contributed by atoms with Gasteiger partial charge in [-0.2, -0.15) is 0 Å². The van der Waals surface area contributed by atoms with E-state index in [0.29, 0.717) is 10.7 Å². The summed E-state index contributed by atoms with van der Waals surface area (Å²) < 4.78 is 0.771. The van der Waals surface area contributed by atoms with Crippen molar-refractivity contribution in [3.63, 3.8) is 0 Å². The average Bonchev–Trinajstić information content (AvgIpc) is 2.44. The number of nitrogens with two attached hydrogens (primary N) is 1. The van der Waals surface area contributed by atoms with Crippen LogP contribution in [0.5, 0.6) is 0 Å². The number of hydrogen-bond acceptors (Lipinski definition) is 2. The van der Waals surface area contributed by atoms with Crippen molar-refractivity contribution < 1.29 is 4.79 Å². The minimum Gasteiger partial charge on any atom is -0.323 e. The van der Waals surface area contributed by atoms with E-state index in [4.69, 9.17) is 17.3 Å². The fourth-order valence-corrected chi connectivity index (χ4v) is 2.48. The van der Waals surface area contributed by atoms with Gasteiger partial charge in [0.2, 0.25) is 5.91 Å². The molecule has 0 fully saturated rings. The second-order valence-corrected chi connectivity index (χ2v) is 5.72. The highest BCUT2D eigenvalue weighted by atomic mass is 79.9. The molecule has 3 N–H and O–H groups in total. The first-order chi connectivity index (χ1) is 9.49. The smallest absolute Gasteiger partial charge is 0.245 e. The minimum atomic E-state index is -0.719. The van der Waals surface area contributed by atoms with Crippen molar-refractivity contribution in [3.05, 3.63) is 63.1 Å². The number of carbonyl (C=O) groups excluding carboxylic acids is 1. The van der Waals surface area contributed by atoms with Gasteiger partial charge in [-0.25, -0.2) is 0 Å². The number of nitrogens with one attached hydrogen (secondary N) is 1. The molecule has 0 aromatic heterocycles. The molecule has 20 heavy (non-hydrogen) atoms. The fraction of sp³-hybridized carbons (Fsp3) is 0.133. The summed E-state index contributed by atoms with van der Waals surface area (Å²) >= 11 is 9.46. The molecule has 2 aromatic carbocycles. The molecule has 0 aliphatic heterocycles. The second kappa shape index (κ2) is 6.39.